The van der Waals surface area contributed by atoms with Crippen LogP contribution in [0.15, 0.2) is 52.8 Å². The van der Waals surface area contributed by atoms with Crippen LogP contribution in [0.25, 0.3) is 27.6 Å². The van der Waals surface area contributed by atoms with Gasteiger partial charge in [-0.3, -0.25) is 14.9 Å². The smallest absolute Gasteiger partial charge is 0.273 e. The van der Waals surface area contributed by atoms with Gasteiger partial charge in [-0.25, -0.2) is 9.50 Å². The summed E-state index contributed by atoms with van der Waals surface area (Å²) in [4.78, 5) is 22.3. The molecule has 0 aliphatic carbocycles. The molecule has 22 heavy (non-hydrogen) atoms. The molecule has 4 aromatic heterocycles. The van der Waals surface area contributed by atoms with Gasteiger partial charge in [0.2, 0.25) is 0 Å². The van der Waals surface area contributed by atoms with Crippen molar-refractivity contribution < 1.29 is 0 Å². The van der Waals surface area contributed by atoms with Crippen molar-refractivity contribution in [2.75, 3.05) is 0 Å². The zero-order chi connectivity index (χ0) is 15.1. The van der Waals surface area contributed by atoms with Gasteiger partial charge in [0.25, 0.3) is 5.56 Å². The molecular weight excluding hydrogens is 296 g/mol. The van der Waals surface area contributed by atoms with Crippen LogP contribution in [0.1, 0.15) is 5.56 Å². The second kappa shape index (κ2) is 4.92. The minimum absolute atomic E-state index is 0.142. The molecule has 0 fully saturated rings. The second-order valence-corrected chi connectivity index (χ2v) is 5.89. The van der Waals surface area contributed by atoms with E-state index in [1.54, 1.807) is 17.5 Å². The number of nitrogens with zero attached hydrogens (tertiary/aromatic N) is 3. The van der Waals surface area contributed by atoms with Crippen LogP contribution >= 0.6 is 11.3 Å². The quantitative estimate of drug-likeness (QED) is 0.619. The number of aromatic amines is 1. The average molecular weight is 308 g/mol. The van der Waals surface area contributed by atoms with Crippen LogP contribution in [0, 0.1) is 6.92 Å². The van der Waals surface area contributed by atoms with Crippen molar-refractivity contribution in [1.82, 2.24) is 19.6 Å². The van der Waals surface area contributed by atoms with Gasteiger partial charge in [-0.15, -0.1) is 11.3 Å². The van der Waals surface area contributed by atoms with E-state index in [1.807, 2.05) is 42.6 Å². The lowest BCUT2D eigenvalue weighted by atomic mass is 10.2. The summed E-state index contributed by atoms with van der Waals surface area (Å²) in [5.41, 5.74) is 3.66. The number of rotatable bonds is 2. The van der Waals surface area contributed by atoms with Crippen molar-refractivity contribution >= 4 is 17.0 Å². The van der Waals surface area contributed by atoms with Gasteiger partial charge in [-0.05, 0) is 30.5 Å². The maximum absolute atomic E-state index is 12.4. The highest BCUT2D eigenvalue weighted by Crippen LogP contribution is 2.28. The van der Waals surface area contributed by atoms with E-state index in [1.165, 1.54) is 10.6 Å². The Bertz CT molecular complexity index is 1000. The lowest BCUT2D eigenvalue weighted by Gasteiger charge is -2.00. The molecule has 0 aliphatic rings. The Balaban J connectivity index is 1.99. The Morgan fingerprint density at radius 1 is 1.18 bits per heavy atom. The van der Waals surface area contributed by atoms with Crippen LogP contribution in [0.2, 0.25) is 0 Å². The monoisotopic (exact) mass is 308 g/mol. The number of H-pyrrole nitrogens is 1. The van der Waals surface area contributed by atoms with E-state index in [0.717, 1.165) is 16.1 Å². The van der Waals surface area contributed by atoms with Gasteiger partial charge < -0.3 is 0 Å². The Labute approximate surface area is 129 Å². The molecule has 0 saturated heterocycles. The molecule has 0 radical (unpaired) electrons. The van der Waals surface area contributed by atoms with Crippen LogP contribution in [0.4, 0.5) is 0 Å². The normalized spacial score (nSPS) is 11.1. The molecule has 1 N–H and O–H groups in total. The number of fused-ring (bicyclic) bond motifs is 1. The van der Waals surface area contributed by atoms with E-state index in [9.17, 15) is 4.79 Å². The first-order chi connectivity index (χ1) is 10.7. The summed E-state index contributed by atoms with van der Waals surface area (Å²) in [6, 6.07) is 11.1. The standard InChI is InChI=1S/C16H12N4OS/c1-10-15(13-6-4-8-22-13)19-20-14(21)9-12(18-16(10)20)11-5-2-3-7-17-11/h2-9,19H,1H3. The molecule has 108 valence electrons. The highest BCUT2D eigenvalue weighted by molar-refractivity contribution is 7.13. The van der Waals surface area contributed by atoms with Crippen molar-refractivity contribution in [3.05, 3.63) is 63.9 Å². The number of hydrogen-bond acceptors (Lipinski definition) is 4. The van der Waals surface area contributed by atoms with E-state index in [2.05, 4.69) is 15.1 Å². The Kier molecular flexibility index (Phi) is 2.90. The SMILES string of the molecule is Cc1c(-c2cccs2)[nH]n2c(=O)cc(-c3ccccn3)nc12. The summed E-state index contributed by atoms with van der Waals surface area (Å²) >= 11 is 1.63. The number of aryl methyl sites for hydroxylation is 1. The summed E-state index contributed by atoms with van der Waals surface area (Å²) in [6.45, 7) is 1.97. The topological polar surface area (TPSA) is 63.0 Å². The van der Waals surface area contributed by atoms with Crippen LogP contribution < -0.4 is 5.56 Å². The van der Waals surface area contributed by atoms with Gasteiger partial charge >= 0.3 is 0 Å². The fraction of sp³-hybridized carbons (Fsp3) is 0.0625. The first-order valence-electron chi connectivity index (χ1n) is 6.82. The molecule has 0 amide bonds. The summed E-state index contributed by atoms with van der Waals surface area (Å²) in [5, 5.41) is 5.15. The summed E-state index contributed by atoms with van der Waals surface area (Å²) in [5.74, 6) is 0. The Morgan fingerprint density at radius 2 is 2.09 bits per heavy atom. The third-order valence-corrected chi connectivity index (χ3v) is 4.44. The van der Waals surface area contributed by atoms with Crippen LogP contribution in [-0.4, -0.2) is 19.6 Å². The third kappa shape index (κ3) is 1.96. The molecule has 0 spiro atoms. The van der Waals surface area contributed by atoms with Crippen molar-refractivity contribution in [2.45, 2.75) is 6.92 Å². The van der Waals surface area contributed by atoms with Gasteiger partial charge in [0, 0.05) is 17.8 Å². The van der Waals surface area contributed by atoms with Crippen LogP contribution in [0.3, 0.4) is 0 Å². The summed E-state index contributed by atoms with van der Waals surface area (Å²) < 4.78 is 1.48. The Hall–Kier alpha value is -2.73. The van der Waals surface area contributed by atoms with E-state index in [4.69, 9.17) is 0 Å². The molecule has 6 heteroatoms. The zero-order valence-corrected chi connectivity index (χ0v) is 12.6. The first-order valence-corrected chi connectivity index (χ1v) is 7.69. The summed E-state index contributed by atoms with van der Waals surface area (Å²) in [7, 11) is 0. The number of nitrogens with one attached hydrogen (secondary N) is 1. The van der Waals surface area contributed by atoms with Gasteiger partial charge in [0.05, 0.1) is 22.0 Å². The van der Waals surface area contributed by atoms with E-state index in [0.29, 0.717) is 17.0 Å². The summed E-state index contributed by atoms with van der Waals surface area (Å²) in [6.07, 6.45) is 1.69. The van der Waals surface area contributed by atoms with E-state index in [-0.39, 0.29) is 5.56 Å². The highest BCUT2D eigenvalue weighted by atomic mass is 32.1. The van der Waals surface area contributed by atoms with E-state index < -0.39 is 0 Å². The molecule has 0 aromatic carbocycles. The third-order valence-electron chi connectivity index (χ3n) is 3.55. The predicted octanol–water partition coefficient (Wildman–Crippen LogP) is 3.12. The predicted molar refractivity (Wildman–Crippen MR) is 87.1 cm³/mol. The molecule has 0 atom stereocenters. The van der Waals surface area contributed by atoms with Gasteiger partial charge in [0.1, 0.15) is 0 Å². The molecule has 0 saturated carbocycles. The maximum atomic E-state index is 12.4. The number of hydrogen-bond donors (Lipinski definition) is 1. The highest BCUT2D eigenvalue weighted by Gasteiger charge is 2.14. The van der Waals surface area contributed by atoms with Crippen LogP contribution in [-0.2, 0) is 0 Å². The van der Waals surface area contributed by atoms with Gasteiger partial charge in [-0.1, -0.05) is 12.1 Å². The molecule has 4 aromatic rings. The largest absolute Gasteiger partial charge is 0.288 e. The number of aromatic nitrogens is 4. The van der Waals surface area contributed by atoms with Crippen molar-refractivity contribution in [1.29, 1.82) is 0 Å². The van der Waals surface area contributed by atoms with Crippen molar-refractivity contribution in [3.63, 3.8) is 0 Å². The lowest BCUT2D eigenvalue weighted by Crippen LogP contribution is -2.14. The lowest BCUT2D eigenvalue weighted by molar-refractivity contribution is 0.904. The number of pyridine rings is 1. The minimum Gasteiger partial charge on any atom is -0.288 e. The maximum Gasteiger partial charge on any atom is 0.273 e. The minimum atomic E-state index is -0.142. The van der Waals surface area contributed by atoms with Gasteiger partial charge in [-0.2, -0.15) is 0 Å². The number of thiophene rings is 1. The van der Waals surface area contributed by atoms with Crippen molar-refractivity contribution in [3.8, 4) is 22.0 Å². The molecule has 0 bridgehead atoms. The van der Waals surface area contributed by atoms with Crippen molar-refractivity contribution in [2.24, 2.45) is 0 Å². The van der Waals surface area contributed by atoms with E-state index >= 15 is 0 Å². The molecule has 4 heterocycles. The molecule has 4 rings (SSSR count). The average Bonchev–Trinajstić information content (AvgIpc) is 3.17. The second-order valence-electron chi connectivity index (χ2n) is 4.94. The van der Waals surface area contributed by atoms with Crippen LogP contribution in [0.5, 0.6) is 0 Å². The zero-order valence-electron chi connectivity index (χ0n) is 11.8. The fourth-order valence-electron chi connectivity index (χ4n) is 2.46. The molecule has 0 aliphatic heterocycles. The fourth-order valence-corrected chi connectivity index (χ4v) is 3.23. The molecular formula is C16H12N4OS. The van der Waals surface area contributed by atoms with Gasteiger partial charge in [0.15, 0.2) is 5.65 Å². The Morgan fingerprint density at radius 3 is 2.82 bits per heavy atom. The molecule has 5 nitrogen and oxygen atoms in total. The first kappa shape index (κ1) is 13.0. The molecule has 0 unspecified atom stereocenters.